The molecule has 2 aromatic carbocycles. The van der Waals surface area contributed by atoms with Crippen LogP contribution in [-0.2, 0) is 51.2 Å². The molecule has 1 saturated heterocycles. The maximum absolute atomic E-state index is 13.6. The summed E-state index contributed by atoms with van der Waals surface area (Å²) in [7, 11) is 0. The highest BCUT2D eigenvalue weighted by Gasteiger charge is 2.35. The van der Waals surface area contributed by atoms with Crippen LogP contribution in [0.5, 0.6) is 0 Å². The minimum absolute atomic E-state index is 0.0375. The van der Waals surface area contributed by atoms with E-state index in [0.717, 1.165) is 12.5 Å². The van der Waals surface area contributed by atoms with E-state index in [9.17, 15) is 36.7 Å². The average molecular weight is 685 g/mol. The fraction of sp³-hybridized carbons (Fsp3) is 0.500. The number of morpholine rings is 1. The Morgan fingerprint density at radius 2 is 1.44 bits per heavy atom. The normalized spacial score (nSPS) is 16.1. The molecule has 0 saturated carbocycles. The minimum Gasteiger partial charge on any atom is -0.459 e. The van der Waals surface area contributed by atoms with Crippen molar-refractivity contribution in [2.45, 2.75) is 63.8 Å². The molecule has 1 aliphatic heterocycles. The first-order valence-corrected chi connectivity index (χ1v) is 15.3. The number of alkyl halides is 4. The number of aryl methyl sites for hydroxylation is 1. The van der Waals surface area contributed by atoms with Crippen LogP contribution in [0.25, 0.3) is 0 Å². The van der Waals surface area contributed by atoms with Crippen LogP contribution in [0.4, 0.5) is 17.6 Å². The van der Waals surface area contributed by atoms with Crippen molar-refractivity contribution >= 4 is 23.7 Å². The molecule has 4 atom stereocenters. The molecule has 48 heavy (non-hydrogen) atoms. The molecule has 3 amide bonds. The lowest BCUT2D eigenvalue weighted by Crippen LogP contribution is -2.60. The van der Waals surface area contributed by atoms with E-state index in [2.05, 4.69) is 25.4 Å². The summed E-state index contributed by atoms with van der Waals surface area (Å²) in [4.78, 5) is 54.6. The van der Waals surface area contributed by atoms with Crippen LogP contribution in [-0.4, -0.2) is 105 Å². The highest BCUT2D eigenvalue weighted by molar-refractivity contribution is 5.94. The van der Waals surface area contributed by atoms with Gasteiger partial charge in [0.05, 0.1) is 32.5 Å². The van der Waals surface area contributed by atoms with Crippen molar-refractivity contribution in [1.29, 1.82) is 0 Å². The summed E-state index contributed by atoms with van der Waals surface area (Å²) in [5.41, 5.74) is 1.41. The molecule has 1 unspecified atom stereocenters. The van der Waals surface area contributed by atoms with Gasteiger partial charge in [0.15, 0.2) is 6.04 Å². The van der Waals surface area contributed by atoms with Crippen molar-refractivity contribution in [1.82, 2.24) is 20.9 Å². The molecule has 1 fully saturated rings. The monoisotopic (exact) mass is 684 g/mol. The van der Waals surface area contributed by atoms with Crippen molar-refractivity contribution in [3.63, 3.8) is 0 Å². The van der Waals surface area contributed by atoms with E-state index >= 15 is 0 Å². The van der Waals surface area contributed by atoms with Crippen molar-refractivity contribution in [2.24, 2.45) is 0 Å². The van der Waals surface area contributed by atoms with Crippen molar-refractivity contribution < 1.29 is 55.7 Å². The Balaban J connectivity index is 1.77. The van der Waals surface area contributed by atoms with Gasteiger partial charge in [0.2, 0.25) is 17.7 Å². The van der Waals surface area contributed by atoms with Crippen LogP contribution in [0, 0.1) is 0 Å². The number of nitrogens with zero attached hydrogens (tertiary/aromatic N) is 1. The summed E-state index contributed by atoms with van der Waals surface area (Å²) >= 11 is 0. The van der Waals surface area contributed by atoms with E-state index in [1.165, 1.54) is 0 Å². The Hall–Kier alpha value is -4.12. The number of rotatable bonds is 19. The molecule has 12 nitrogen and oxygen atoms in total. The quantitative estimate of drug-likeness (QED) is 0.150. The van der Waals surface area contributed by atoms with Crippen molar-refractivity contribution in [3.8, 4) is 0 Å². The third-order valence-electron chi connectivity index (χ3n) is 7.27. The number of carbonyl (C=O) groups is 4. The molecule has 3 N–H and O–H groups in total. The number of benzene rings is 2. The van der Waals surface area contributed by atoms with E-state index < -0.39 is 67.8 Å². The van der Waals surface area contributed by atoms with Crippen molar-refractivity contribution in [2.75, 3.05) is 39.5 Å². The van der Waals surface area contributed by atoms with Gasteiger partial charge in [0, 0.05) is 13.1 Å². The number of halogens is 4. The van der Waals surface area contributed by atoms with E-state index in [1.807, 2.05) is 23.1 Å². The van der Waals surface area contributed by atoms with Gasteiger partial charge in [0.1, 0.15) is 18.7 Å². The van der Waals surface area contributed by atoms with Crippen LogP contribution in [0.1, 0.15) is 24.5 Å². The number of esters is 1. The van der Waals surface area contributed by atoms with E-state index in [1.54, 1.807) is 42.5 Å². The molecule has 3 rings (SSSR count). The van der Waals surface area contributed by atoms with Gasteiger partial charge in [-0.1, -0.05) is 60.7 Å². The van der Waals surface area contributed by atoms with Gasteiger partial charge in [-0.15, -0.1) is 0 Å². The first-order chi connectivity index (χ1) is 23.0. The maximum Gasteiger partial charge on any atom is 0.345 e. The lowest BCUT2D eigenvalue weighted by atomic mass is 10.0. The molecule has 0 radical (unpaired) electrons. The molecule has 16 heteroatoms. The lowest BCUT2D eigenvalue weighted by Gasteiger charge is -2.29. The zero-order valence-electron chi connectivity index (χ0n) is 26.3. The predicted molar refractivity (Wildman–Crippen MR) is 163 cm³/mol. The van der Waals surface area contributed by atoms with E-state index in [4.69, 9.17) is 9.47 Å². The van der Waals surface area contributed by atoms with E-state index in [0.29, 0.717) is 38.3 Å². The first kappa shape index (κ1) is 38.3. The molecule has 1 heterocycles. The van der Waals surface area contributed by atoms with Gasteiger partial charge < -0.3 is 34.9 Å². The van der Waals surface area contributed by atoms with Gasteiger partial charge in [0.25, 0.3) is 0 Å². The molecule has 264 valence electrons. The number of hydrogen-bond donors (Lipinski definition) is 3. The van der Waals surface area contributed by atoms with Crippen LogP contribution in [0.2, 0.25) is 0 Å². The molecular formula is C32H40F4N4O8. The van der Waals surface area contributed by atoms with Gasteiger partial charge in [-0.05, 0) is 30.9 Å². The first-order valence-electron chi connectivity index (χ1n) is 15.3. The Bertz CT molecular complexity index is 1290. The van der Waals surface area contributed by atoms with Crippen LogP contribution in [0.15, 0.2) is 60.7 Å². The standard InChI is InChI=1S/C32H40F4N4O8/c1-21(48-32(35)36)27(29(43)38-25(20-47-31(33)34)30(44)46-19-23-10-6-3-7-11-23)39-28(42)24(13-12-22-8-4-2-5-9-22)37-26(41)18-40-14-16-45-17-15-40/h2-11,21,24-25,27,31-32H,12-20H2,1H3,(H,37,41)(H,38,43)(H,39,42)/t21-,24+,25+,27?/m1/s1. The SMILES string of the molecule is C[C@@H](OC(F)F)C(NC(=O)[C@H](CCc1ccccc1)NC(=O)CN1CCOCC1)C(=O)N[C@@H](COC(F)F)C(=O)OCc1ccccc1. The van der Waals surface area contributed by atoms with Crippen molar-refractivity contribution in [3.05, 3.63) is 71.8 Å². The third kappa shape index (κ3) is 13.9. The number of ether oxygens (including phenoxy) is 4. The molecule has 1 aliphatic rings. The Morgan fingerprint density at radius 3 is 2.04 bits per heavy atom. The second-order valence-corrected chi connectivity index (χ2v) is 10.9. The van der Waals surface area contributed by atoms with Gasteiger partial charge in [-0.3, -0.25) is 19.3 Å². The lowest BCUT2D eigenvalue weighted by molar-refractivity contribution is -0.173. The summed E-state index contributed by atoms with van der Waals surface area (Å²) in [6.45, 7) is -5.04. The Morgan fingerprint density at radius 1 is 0.812 bits per heavy atom. The van der Waals surface area contributed by atoms with Crippen LogP contribution >= 0.6 is 0 Å². The number of nitrogens with one attached hydrogen (secondary N) is 3. The Kier molecular flexibility index (Phi) is 16.2. The molecule has 0 aromatic heterocycles. The number of amides is 3. The molecule has 0 spiro atoms. The summed E-state index contributed by atoms with van der Waals surface area (Å²) in [6, 6.07) is 12.5. The van der Waals surface area contributed by atoms with E-state index in [-0.39, 0.29) is 19.6 Å². The number of carbonyl (C=O) groups excluding carboxylic acids is 4. The predicted octanol–water partition coefficient (Wildman–Crippen LogP) is 2.02. The van der Waals surface area contributed by atoms with Gasteiger partial charge in [-0.25, -0.2) is 4.79 Å². The fourth-order valence-corrected chi connectivity index (χ4v) is 4.75. The van der Waals surface area contributed by atoms with Gasteiger partial charge in [-0.2, -0.15) is 17.6 Å². The zero-order chi connectivity index (χ0) is 34.9. The zero-order valence-corrected chi connectivity index (χ0v) is 26.3. The molecular weight excluding hydrogens is 644 g/mol. The fourth-order valence-electron chi connectivity index (χ4n) is 4.75. The molecule has 0 bridgehead atoms. The maximum atomic E-state index is 13.6. The molecule has 2 aromatic rings. The molecule has 0 aliphatic carbocycles. The minimum atomic E-state index is -3.36. The summed E-state index contributed by atoms with van der Waals surface area (Å²) in [6.07, 6.45) is -1.28. The summed E-state index contributed by atoms with van der Waals surface area (Å²) < 4.78 is 71.5. The van der Waals surface area contributed by atoms with Gasteiger partial charge >= 0.3 is 19.2 Å². The topological polar surface area (TPSA) is 145 Å². The van der Waals surface area contributed by atoms with Crippen LogP contribution < -0.4 is 16.0 Å². The second-order valence-electron chi connectivity index (χ2n) is 10.9. The van der Waals surface area contributed by atoms with Crippen LogP contribution in [0.3, 0.4) is 0 Å². The Labute approximate surface area is 275 Å². The number of hydrogen-bond acceptors (Lipinski definition) is 9. The smallest absolute Gasteiger partial charge is 0.345 e. The second kappa shape index (κ2) is 20.3. The highest BCUT2D eigenvalue weighted by atomic mass is 19.3. The summed E-state index contributed by atoms with van der Waals surface area (Å²) in [5, 5.41) is 7.13. The average Bonchev–Trinajstić information content (AvgIpc) is 3.07. The summed E-state index contributed by atoms with van der Waals surface area (Å²) in [5.74, 6) is -3.78. The highest BCUT2D eigenvalue weighted by Crippen LogP contribution is 2.11. The largest absolute Gasteiger partial charge is 0.459 e. The third-order valence-corrected chi connectivity index (χ3v) is 7.27.